The lowest BCUT2D eigenvalue weighted by Crippen LogP contribution is -2.24. The van der Waals surface area contributed by atoms with Gasteiger partial charge in [-0.15, -0.1) is 11.3 Å². The molecule has 2 aromatic heterocycles. The van der Waals surface area contributed by atoms with Crippen LogP contribution >= 0.6 is 11.3 Å². The average molecular weight is 534 g/mol. The van der Waals surface area contributed by atoms with Gasteiger partial charge in [0, 0.05) is 22.8 Å². The molecule has 0 bridgehead atoms. The molecule has 0 amide bonds. The number of rotatable bonds is 8. The summed E-state index contributed by atoms with van der Waals surface area (Å²) in [5, 5.41) is 9.61. The van der Waals surface area contributed by atoms with Crippen LogP contribution in [0.5, 0.6) is 5.75 Å². The summed E-state index contributed by atoms with van der Waals surface area (Å²) >= 11 is 1.53. The van der Waals surface area contributed by atoms with Crippen molar-refractivity contribution in [2.75, 3.05) is 24.0 Å². The number of nitrogens with one attached hydrogen (secondary N) is 2. The van der Waals surface area contributed by atoms with Crippen molar-refractivity contribution in [3.8, 4) is 17.1 Å². The normalized spacial score (nSPS) is 12.9. The van der Waals surface area contributed by atoms with Crippen LogP contribution in [0.1, 0.15) is 16.7 Å². The Morgan fingerprint density at radius 1 is 0.897 bits per heavy atom. The summed E-state index contributed by atoms with van der Waals surface area (Å²) in [4.78, 5) is 14.0. The van der Waals surface area contributed by atoms with Gasteiger partial charge in [-0.2, -0.15) is 0 Å². The van der Waals surface area contributed by atoms with E-state index < -0.39 is 0 Å². The number of ether oxygens (including phenoxy) is 2. The minimum Gasteiger partial charge on any atom is -0.486 e. The lowest BCUT2D eigenvalue weighted by molar-refractivity contribution is 0.128. The lowest BCUT2D eigenvalue weighted by atomic mass is 10.1. The molecular weight excluding hydrogens is 506 g/mol. The molecule has 0 saturated carbocycles. The predicted octanol–water partition coefficient (Wildman–Crippen LogP) is 6.92. The van der Waals surface area contributed by atoms with Crippen molar-refractivity contribution in [3.05, 3.63) is 119 Å². The van der Waals surface area contributed by atoms with Gasteiger partial charge < -0.3 is 20.1 Å². The van der Waals surface area contributed by atoms with E-state index in [9.17, 15) is 0 Å². The molecule has 0 fully saturated rings. The van der Waals surface area contributed by atoms with Crippen LogP contribution in [0.25, 0.3) is 11.4 Å². The zero-order valence-corrected chi connectivity index (χ0v) is 22.0. The van der Waals surface area contributed by atoms with Crippen molar-refractivity contribution < 1.29 is 9.47 Å². The molecule has 0 atom stereocenters. The maximum atomic E-state index is 6.09. The van der Waals surface area contributed by atoms with Gasteiger partial charge in [-0.3, -0.25) is 4.98 Å². The molecule has 0 saturated heterocycles. The number of aromatic nitrogens is 2. The highest BCUT2D eigenvalue weighted by Crippen LogP contribution is 2.33. The summed E-state index contributed by atoms with van der Waals surface area (Å²) in [5.74, 6) is 1.44. The second-order valence-corrected chi connectivity index (χ2v) is 9.88. The molecule has 6 rings (SSSR count). The maximum Gasteiger partial charge on any atom is 0.187 e. The fourth-order valence-electron chi connectivity index (χ4n) is 4.27. The molecule has 1 aliphatic heterocycles. The highest BCUT2D eigenvalue weighted by molar-refractivity contribution is 7.14. The first-order valence-electron chi connectivity index (χ1n) is 12.7. The highest BCUT2D eigenvalue weighted by atomic mass is 32.1. The molecule has 0 unspecified atom stereocenters. The molecule has 3 heterocycles. The lowest BCUT2D eigenvalue weighted by Gasteiger charge is -2.19. The third kappa shape index (κ3) is 6.31. The monoisotopic (exact) mass is 533 g/mol. The van der Waals surface area contributed by atoms with Gasteiger partial charge in [0.1, 0.15) is 36.3 Å². The molecule has 8 heteroatoms. The third-order valence-corrected chi connectivity index (χ3v) is 6.99. The fraction of sp³-hybridized carbons (Fsp3) is 0.129. The van der Waals surface area contributed by atoms with Crippen molar-refractivity contribution in [2.24, 2.45) is 4.99 Å². The molecule has 3 aromatic carbocycles. The Kier molecular flexibility index (Phi) is 7.56. The number of hydrogen-bond donors (Lipinski definition) is 2. The Hall–Kier alpha value is -4.53. The van der Waals surface area contributed by atoms with Crippen molar-refractivity contribution in [1.82, 2.24) is 9.97 Å². The van der Waals surface area contributed by atoms with E-state index in [2.05, 4.69) is 57.0 Å². The van der Waals surface area contributed by atoms with Gasteiger partial charge in [0.15, 0.2) is 5.13 Å². The first-order chi connectivity index (χ1) is 19.3. The van der Waals surface area contributed by atoms with Gasteiger partial charge in [-0.05, 0) is 47.9 Å². The molecular formula is C31H27N5O2S. The zero-order valence-electron chi connectivity index (χ0n) is 21.2. The molecule has 2 N–H and O–H groups in total. The minimum absolute atomic E-state index is 0.251. The number of amidine groups is 1. The Labute approximate surface area is 231 Å². The summed E-state index contributed by atoms with van der Waals surface area (Å²) in [6, 6.07) is 30.6. The van der Waals surface area contributed by atoms with Crippen LogP contribution < -0.4 is 15.4 Å². The molecule has 5 aromatic rings. The maximum absolute atomic E-state index is 6.09. The van der Waals surface area contributed by atoms with Crippen molar-refractivity contribution in [2.45, 2.75) is 13.0 Å². The molecule has 0 aliphatic carbocycles. The van der Waals surface area contributed by atoms with Crippen LogP contribution in [-0.2, 0) is 17.8 Å². The number of para-hydroxylation sites is 1. The van der Waals surface area contributed by atoms with Crippen molar-refractivity contribution in [3.63, 3.8) is 0 Å². The van der Waals surface area contributed by atoms with Gasteiger partial charge in [-0.25, -0.2) is 9.98 Å². The summed E-state index contributed by atoms with van der Waals surface area (Å²) < 4.78 is 11.9. The zero-order chi connectivity index (χ0) is 26.3. The van der Waals surface area contributed by atoms with E-state index in [4.69, 9.17) is 14.5 Å². The average Bonchev–Trinajstić information content (AvgIpc) is 3.43. The van der Waals surface area contributed by atoms with Gasteiger partial charge >= 0.3 is 0 Å². The number of thiazole rings is 1. The summed E-state index contributed by atoms with van der Waals surface area (Å²) in [7, 11) is 0. The number of nitrogens with zero attached hydrogens (tertiary/aromatic N) is 3. The Balaban J connectivity index is 1.15. The van der Waals surface area contributed by atoms with Gasteiger partial charge in [0.25, 0.3) is 0 Å². The van der Waals surface area contributed by atoms with E-state index in [1.54, 1.807) is 6.20 Å². The van der Waals surface area contributed by atoms with E-state index in [1.807, 2.05) is 60.0 Å². The summed E-state index contributed by atoms with van der Waals surface area (Å²) in [5.41, 5.74) is 6.84. The van der Waals surface area contributed by atoms with Gasteiger partial charge in [0.05, 0.1) is 12.3 Å². The second-order valence-electron chi connectivity index (χ2n) is 9.02. The fourth-order valence-corrected chi connectivity index (χ4v) is 4.99. The molecule has 1 aliphatic rings. The SMILES string of the molecule is c1ccc(Cc2ccc(OCC3=NCOCc4ccnc(-c5csc(Nc6ccccc6)n5)c4N3)cc2)cc1. The van der Waals surface area contributed by atoms with Crippen molar-refractivity contribution >= 4 is 33.7 Å². The summed E-state index contributed by atoms with van der Waals surface area (Å²) in [6.45, 7) is 0.950. The number of hydrogen-bond acceptors (Lipinski definition) is 8. The number of pyridine rings is 1. The molecule has 0 radical (unpaired) electrons. The van der Waals surface area contributed by atoms with E-state index in [1.165, 1.54) is 22.5 Å². The topological polar surface area (TPSA) is 80.7 Å². The number of aliphatic imine (C=N–C) groups is 1. The van der Waals surface area contributed by atoms with Crippen LogP contribution in [0.15, 0.2) is 108 Å². The molecule has 39 heavy (non-hydrogen) atoms. The Morgan fingerprint density at radius 2 is 1.67 bits per heavy atom. The molecule has 0 spiro atoms. The second kappa shape index (κ2) is 11.9. The first kappa shape index (κ1) is 24.8. The van der Waals surface area contributed by atoms with Gasteiger partial charge in [0.2, 0.25) is 0 Å². The van der Waals surface area contributed by atoms with Crippen molar-refractivity contribution in [1.29, 1.82) is 0 Å². The summed E-state index contributed by atoms with van der Waals surface area (Å²) in [6.07, 6.45) is 2.67. The smallest absolute Gasteiger partial charge is 0.187 e. The van der Waals surface area contributed by atoms with Gasteiger partial charge in [-0.1, -0.05) is 60.7 Å². The number of fused-ring (bicyclic) bond motifs is 1. The Bertz CT molecular complexity index is 1550. The third-order valence-electron chi connectivity index (χ3n) is 6.23. The molecule has 7 nitrogen and oxygen atoms in total. The standard InChI is InChI=1S/C31H27N5O2S/c1-3-7-22(8-4-1)17-23-11-13-26(14-12-23)38-19-28-33-21-37-18-24-15-16-32-30(29(24)36-28)27-20-39-31(35-27)34-25-9-5-2-6-10-25/h1-16,20H,17-19,21H2,(H,33,36)(H,34,35). The largest absolute Gasteiger partial charge is 0.486 e. The van der Waals surface area contributed by atoms with E-state index in [0.717, 1.165) is 45.6 Å². The van der Waals surface area contributed by atoms with E-state index >= 15 is 0 Å². The minimum atomic E-state index is 0.251. The molecule has 194 valence electrons. The highest BCUT2D eigenvalue weighted by Gasteiger charge is 2.18. The Morgan fingerprint density at radius 3 is 2.49 bits per heavy atom. The van der Waals surface area contributed by atoms with Crippen LogP contribution in [0.4, 0.5) is 16.5 Å². The van der Waals surface area contributed by atoms with Crippen LogP contribution in [0.2, 0.25) is 0 Å². The van der Waals surface area contributed by atoms with E-state index in [0.29, 0.717) is 12.4 Å². The first-order valence-corrected chi connectivity index (χ1v) is 13.6. The van der Waals surface area contributed by atoms with Crippen LogP contribution in [-0.4, -0.2) is 29.1 Å². The van der Waals surface area contributed by atoms with E-state index in [-0.39, 0.29) is 13.3 Å². The quantitative estimate of drug-likeness (QED) is 0.225. The van der Waals surface area contributed by atoms with Crippen LogP contribution in [0.3, 0.4) is 0 Å². The predicted molar refractivity (Wildman–Crippen MR) is 157 cm³/mol. The van der Waals surface area contributed by atoms with Crippen LogP contribution in [0, 0.1) is 0 Å². The number of anilines is 3. The number of benzene rings is 3.